The standard InChI is InChI=1S/C16H14BrFO3/c1-11-4-2-3-5-15(11)20-8-9-21-16(19)13-7-6-12(17)10-14(13)18/h2-7,10H,8-9H2,1H3. The van der Waals surface area contributed by atoms with E-state index in [9.17, 15) is 9.18 Å². The van der Waals surface area contributed by atoms with Crippen LogP contribution in [-0.4, -0.2) is 19.2 Å². The number of ether oxygens (including phenoxy) is 2. The van der Waals surface area contributed by atoms with Crippen molar-refractivity contribution in [2.75, 3.05) is 13.2 Å². The molecule has 0 aromatic heterocycles. The third-order valence-electron chi connectivity index (χ3n) is 2.82. The molecule has 0 aliphatic rings. The van der Waals surface area contributed by atoms with Crippen LogP contribution in [-0.2, 0) is 4.74 Å². The van der Waals surface area contributed by atoms with Gasteiger partial charge in [0, 0.05) is 4.47 Å². The molecule has 0 spiro atoms. The van der Waals surface area contributed by atoms with Gasteiger partial charge in [-0.15, -0.1) is 0 Å². The second kappa shape index (κ2) is 7.22. The van der Waals surface area contributed by atoms with E-state index in [1.54, 1.807) is 6.07 Å². The highest BCUT2D eigenvalue weighted by molar-refractivity contribution is 9.10. The third kappa shape index (κ3) is 4.29. The van der Waals surface area contributed by atoms with Crippen molar-refractivity contribution in [2.45, 2.75) is 6.92 Å². The van der Waals surface area contributed by atoms with Gasteiger partial charge < -0.3 is 9.47 Å². The molecule has 0 amide bonds. The normalized spacial score (nSPS) is 10.2. The Bertz CT molecular complexity index is 643. The molecule has 0 heterocycles. The molecule has 0 aliphatic heterocycles. The Hall–Kier alpha value is -1.88. The molecule has 0 saturated heterocycles. The lowest BCUT2D eigenvalue weighted by molar-refractivity contribution is 0.0445. The molecule has 110 valence electrons. The van der Waals surface area contributed by atoms with Crippen molar-refractivity contribution < 1.29 is 18.7 Å². The molecule has 0 atom stereocenters. The Morgan fingerprint density at radius 3 is 2.67 bits per heavy atom. The third-order valence-corrected chi connectivity index (χ3v) is 3.31. The minimum absolute atomic E-state index is 0.0582. The zero-order valence-electron chi connectivity index (χ0n) is 11.4. The zero-order chi connectivity index (χ0) is 15.2. The maximum absolute atomic E-state index is 13.6. The van der Waals surface area contributed by atoms with Crippen LogP contribution in [0.5, 0.6) is 5.75 Å². The topological polar surface area (TPSA) is 35.5 Å². The molecule has 2 aromatic rings. The molecule has 0 unspecified atom stereocenters. The Morgan fingerprint density at radius 2 is 1.95 bits per heavy atom. The molecule has 0 bridgehead atoms. The summed E-state index contributed by atoms with van der Waals surface area (Å²) >= 11 is 3.13. The van der Waals surface area contributed by atoms with Gasteiger partial charge in [-0.1, -0.05) is 34.1 Å². The second-order valence-electron chi connectivity index (χ2n) is 4.37. The number of hydrogen-bond acceptors (Lipinski definition) is 3. The number of hydrogen-bond donors (Lipinski definition) is 0. The maximum Gasteiger partial charge on any atom is 0.341 e. The van der Waals surface area contributed by atoms with E-state index in [1.165, 1.54) is 12.1 Å². The van der Waals surface area contributed by atoms with Gasteiger partial charge in [-0.2, -0.15) is 0 Å². The quantitative estimate of drug-likeness (QED) is 0.599. The van der Waals surface area contributed by atoms with Crippen LogP contribution < -0.4 is 4.74 Å². The molecule has 0 aliphatic carbocycles. The maximum atomic E-state index is 13.6. The van der Waals surface area contributed by atoms with Crippen molar-refractivity contribution in [3.63, 3.8) is 0 Å². The molecule has 21 heavy (non-hydrogen) atoms. The molecular formula is C16H14BrFO3. The Labute approximate surface area is 130 Å². The van der Waals surface area contributed by atoms with E-state index in [-0.39, 0.29) is 18.8 Å². The summed E-state index contributed by atoms with van der Waals surface area (Å²) in [5.74, 6) is -0.578. The van der Waals surface area contributed by atoms with Gasteiger partial charge in [0.2, 0.25) is 0 Å². The molecule has 2 aromatic carbocycles. The number of carbonyl (C=O) groups is 1. The average molecular weight is 353 g/mol. The van der Waals surface area contributed by atoms with Gasteiger partial charge >= 0.3 is 5.97 Å². The number of rotatable bonds is 5. The number of aryl methyl sites for hydroxylation is 1. The van der Waals surface area contributed by atoms with Crippen molar-refractivity contribution in [3.8, 4) is 5.75 Å². The molecular weight excluding hydrogens is 339 g/mol. The summed E-state index contributed by atoms with van der Waals surface area (Å²) in [6.07, 6.45) is 0. The van der Waals surface area contributed by atoms with Gasteiger partial charge in [-0.3, -0.25) is 0 Å². The Kier molecular flexibility index (Phi) is 5.33. The first-order valence-electron chi connectivity index (χ1n) is 6.38. The van der Waals surface area contributed by atoms with Crippen molar-refractivity contribution in [1.29, 1.82) is 0 Å². The summed E-state index contributed by atoms with van der Waals surface area (Å²) in [7, 11) is 0. The summed E-state index contributed by atoms with van der Waals surface area (Å²) < 4.78 is 24.6. The fourth-order valence-corrected chi connectivity index (χ4v) is 2.07. The Balaban J connectivity index is 1.83. The lowest BCUT2D eigenvalue weighted by Gasteiger charge is -2.09. The van der Waals surface area contributed by atoms with Gasteiger partial charge in [0.1, 0.15) is 24.8 Å². The molecule has 0 fully saturated rings. The molecule has 0 saturated carbocycles. The van der Waals surface area contributed by atoms with Gasteiger partial charge in [-0.25, -0.2) is 9.18 Å². The van der Waals surface area contributed by atoms with Crippen LogP contribution in [0, 0.1) is 12.7 Å². The summed E-state index contributed by atoms with van der Waals surface area (Å²) in [5.41, 5.74) is 0.914. The van der Waals surface area contributed by atoms with Crippen LogP contribution in [0.25, 0.3) is 0 Å². The van der Waals surface area contributed by atoms with Gasteiger partial charge in [0.25, 0.3) is 0 Å². The lowest BCUT2D eigenvalue weighted by atomic mass is 10.2. The fourth-order valence-electron chi connectivity index (χ4n) is 1.74. The SMILES string of the molecule is Cc1ccccc1OCCOC(=O)c1ccc(Br)cc1F. The molecule has 2 rings (SSSR count). The zero-order valence-corrected chi connectivity index (χ0v) is 13.0. The first-order valence-corrected chi connectivity index (χ1v) is 7.18. The van der Waals surface area contributed by atoms with E-state index in [0.29, 0.717) is 4.47 Å². The summed E-state index contributed by atoms with van der Waals surface area (Å²) in [6.45, 7) is 2.20. The van der Waals surface area contributed by atoms with E-state index in [4.69, 9.17) is 9.47 Å². The summed E-state index contributed by atoms with van der Waals surface area (Å²) in [5, 5.41) is 0. The van der Waals surface area contributed by atoms with Gasteiger partial charge in [0.15, 0.2) is 0 Å². The molecule has 0 N–H and O–H groups in total. The van der Waals surface area contributed by atoms with E-state index in [0.717, 1.165) is 11.3 Å². The van der Waals surface area contributed by atoms with E-state index in [1.807, 2.05) is 31.2 Å². The van der Waals surface area contributed by atoms with Crippen molar-refractivity contribution in [2.24, 2.45) is 0 Å². The van der Waals surface area contributed by atoms with Crippen molar-refractivity contribution >= 4 is 21.9 Å². The number of halogens is 2. The van der Waals surface area contributed by atoms with Crippen LogP contribution >= 0.6 is 15.9 Å². The highest BCUT2D eigenvalue weighted by Gasteiger charge is 2.13. The monoisotopic (exact) mass is 352 g/mol. The van der Waals surface area contributed by atoms with E-state index < -0.39 is 11.8 Å². The first-order chi connectivity index (χ1) is 10.1. The number of para-hydroxylation sites is 1. The van der Waals surface area contributed by atoms with Crippen molar-refractivity contribution in [3.05, 3.63) is 63.9 Å². The Morgan fingerprint density at radius 1 is 1.19 bits per heavy atom. The number of esters is 1. The smallest absolute Gasteiger partial charge is 0.341 e. The lowest BCUT2D eigenvalue weighted by Crippen LogP contribution is -2.13. The largest absolute Gasteiger partial charge is 0.490 e. The van der Waals surface area contributed by atoms with E-state index in [2.05, 4.69) is 15.9 Å². The molecule has 3 nitrogen and oxygen atoms in total. The minimum Gasteiger partial charge on any atom is -0.490 e. The predicted molar refractivity (Wildman–Crippen MR) is 81.1 cm³/mol. The number of benzene rings is 2. The summed E-state index contributed by atoms with van der Waals surface area (Å²) in [4.78, 5) is 11.7. The molecule has 0 radical (unpaired) electrons. The van der Waals surface area contributed by atoms with Gasteiger partial charge in [0.05, 0.1) is 5.56 Å². The first kappa shape index (κ1) is 15.5. The van der Waals surface area contributed by atoms with Crippen molar-refractivity contribution in [1.82, 2.24) is 0 Å². The fraction of sp³-hybridized carbons (Fsp3) is 0.188. The van der Waals surface area contributed by atoms with Crippen LogP contribution in [0.1, 0.15) is 15.9 Å². The second-order valence-corrected chi connectivity index (χ2v) is 5.29. The minimum atomic E-state index is -0.701. The van der Waals surface area contributed by atoms with Crippen LogP contribution in [0.4, 0.5) is 4.39 Å². The highest BCUT2D eigenvalue weighted by atomic mass is 79.9. The summed E-state index contributed by atoms with van der Waals surface area (Å²) in [6, 6.07) is 11.7. The van der Waals surface area contributed by atoms with Crippen LogP contribution in [0.3, 0.4) is 0 Å². The average Bonchev–Trinajstić information content (AvgIpc) is 2.45. The number of carbonyl (C=O) groups excluding carboxylic acids is 1. The van der Waals surface area contributed by atoms with E-state index >= 15 is 0 Å². The van der Waals surface area contributed by atoms with Gasteiger partial charge in [-0.05, 0) is 36.8 Å². The van der Waals surface area contributed by atoms with Crippen LogP contribution in [0.15, 0.2) is 46.9 Å². The van der Waals surface area contributed by atoms with Crippen LogP contribution in [0.2, 0.25) is 0 Å². The predicted octanol–water partition coefficient (Wildman–Crippen LogP) is 4.13. The highest BCUT2D eigenvalue weighted by Crippen LogP contribution is 2.17. The molecule has 5 heteroatoms.